The molecule has 0 aromatic heterocycles. The molecule has 1 aromatic carbocycles. The normalized spacial score (nSPS) is 12.1. The van der Waals surface area contributed by atoms with E-state index in [0.717, 1.165) is 10.0 Å². The summed E-state index contributed by atoms with van der Waals surface area (Å²) in [6.07, 6.45) is -0.0739. The number of halogens is 1. The molecule has 1 rings (SSSR count). The number of carbonyl (C=O) groups excluding carboxylic acids is 2. The summed E-state index contributed by atoms with van der Waals surface area (Å²) in [6.45, 7) is 6.02. The first kappa shape index (κ1) is 17.7. The molecule has 21 heavy (non-hydrogen) atoms. The van der Waals surface area contributed by atoms with Crippen molar-refractivity contribution in [2.75, 3.05) is 13.7 Å². The number of carbonyl (C=O) groups is 2. The van der Waals surface area contributed by atoms with E-state index in [1.165, 1.54) is 7.11 Å². The number of Topliss-reactive ketones (excluding diaryl/α,β-unsaturated/α-hetero) is 1. The van der Waals surface area contributed by atoms with Crippen molar-refractivity contribution in [2.45, 2.75) is 33.2 Å². The van der Waals surface area contributed by atoms with Crippen LogP contribution in [0.1, 0.15) is 38.8 Å². The molecule has 1 atom stereocenters. The van der Waals surface area contributed by atoms with Crippen molar-refractivity contribution >= 4 is 27.8 Å². The van der Waals surface area contributed by atoms with Gasteiger partial charge in [0.1, 0.15) is 5.78 Å². The second-order valence-corrected chi connectivity index (χ2v) is 6.18. The Kier molecular flexibility index (Phi) is 6.89. The van der Waals surface area contributed by atoms with Crippen molar-refractivity contribution in [1.29, 1.82) is 0 Å². The molecule has 0 N–H and O–H groups in total. The van der Waals surface area contributed by atoms with E-state index in [1.54, 1.807) is 4.90 Å². The highest BCUT2D eigenvalue weighted by Gasteiger charge is 2.23. The summed E-state index contributed by atoms with van der Waals surface area (Å²) >= 11 is 3.39. The first-order valence-corrected chi connectivity index (χ1v) is 7.78. The molecule has 0 fully saturated rings. The van der Waals surface area contributed by atoms with Gasteiger partial charge < -0.3 is 9.64 Å². The van der Waals surface area contributed by atoms with Crippen LogP contribution >= 0.6 is 15.9 Å². The number of ketones is 1. The standard InChI is InChI=1S/C16H22BrNO3/c1-11(2)15(19)9-10-18(16(20)21-4)12(3)13-5-7-14(17)8-6-13/h5-8,11-12H,9-10H2,1-4H3. The van der Waals surface area contributed by atoms with Gasteiger partial charge in [0.15, 0.2) is 0 Å². The predicted molar refractivity (Wildman–Crippen MR) is 86.1 cm³/mol. The van der Waals surface area contributed by atoms with Gasteiger partial charge in [-0.05, 0) is 24.6 Å². The molecule has 5 heteroatoms. The van der Waals surface area contributed by atoms with Gasteiger partial charge in [-0.25, -0.2) is 4.79 Å². The van der Waals surface area contributed by atoms with Crippen LogP contribution in [0.25, 0.3) is 0 Å². The zero-order valence-electron chi connectivity index (χ0n) is 12.9. The monoisotopic (exact) mass is 355 g/mol. The molecular formula is C16H22BrNO3. The third-order valence-corrected chi connectivity index (χ3v) is 4.00. The molecule has 0 aliphatic rings. The number of nitrogens with zero attached hydrogens (tertiary/aromatic N) is 1. The molecule has 0 spiro atoms. The largest absolute Gasteiger partial charge is 0.453 e. The van der Waals surface area contributed by atoms with Crippen LogP contribution in [-0.4, -0.2) is 30.4 Å². The molecule has 1 unspecified atom stereocenters. The number of hydrogen-bond donors (Lipinski definition) is 0. The van der Waals surface area contributed by atoms with Crippen LogP contribution in [0.2, 0.25) is 0 Å². The van der Waals surface area contributed by atoms with E-state index in [9.17, 15) is 9.59 Å². The Morgan fingerprint density at radius 2 is 1.76 bits per heavy atom. The highest BCUT2D eigenvalue weighted by molar-refractivity contribution is 9.10. The maximum atomic E-state index is 12.0. The van der Waals surface area contributed by atoms with E-state index in [0.29, 0.717) is 13.0 Å². The summed E-state index contributed by atoms with van der Waals surface area (Å²) in [5, 5.41) is 0. The topological polar surface area (TPSA) is 46.6 Å². The summed E-state index contributed by atoms with van der Waals surface area (Å²) in [4.78, 5) is 25.3. The highest BCUT2D eigenvalue weighted by atomic mass is 79.9. The summed E-state index contributed by atoms with van der Waals surface area (Å²) in [5.74, 6) is 0.124. The molecule has 0 radical (unpaired) electrons. The number of amides is 1. The molecule has 0 bridgehead atoms. The average Bonchev–Trinajstić information content (AvgIpc) is 2.47. The third kappa shape index (κ3) is 5.16. The van der Waals surface area contributed by atoms with Crippen molar-refractivity contribution in [3.8, 4) is 0 Å². The van der Waals surface area contributed by atoms with Gasteiger partial charge in [-0.1, -0.05) is 41.9 Å². The lowest BCUT2D eigenvalue weighted by molar-refractivity contribution is -0.122. The van der Waals surface area contributed by atoms with Crippen molar-refractivity contribution in [3.63, 3.8) is 0 Å². The number of ether oxygens (including phenoxy) is 1. The molecule has 1 amide bonds. The highest BCUT2D eigenvalue weighted by Crippen LogP contribution is 2.23. The minimum Gasteiger partial charge on any atom is -0.453 e. The molecule has 0 heterocycles. The van der Waals surface area contributed by atoms with Crippen LogP contribution < -0.4 is 0 Å². The second kappa shape index (κ2) is 8.17. The van der Waals surface area contributed by atoms with Gasteiger partial charge in [0, 0.05) is 23.4 Å². The van der Waals surface area contributed by atoms with Crippen LogP contribution in [0.4, 0.5) is 4.79 Å². The second-order valence-electron chi connectivity index (χ2n) is 5.26. The first-order chi connectivity index (χ1) is 9.86. The third-order valence-electron chi connectivity index (χ3n) is 3.47. The lowest BCUT2D eigenvalue weighted by Gasteiger charge is -2.28. The lowest BCUT2D eigenvalue weighted by atomic mass is 10.0. The van der Waals surface area contributed by atoms with E-state index in [1.807, 2.05) is 45.0 Å². The van der Waals surface area contributed by atoms with E-state index in [-0.39, 0.29) is 17.7 Å². The molecule has 116 valence electrons. The van der Waals surface area contributed by atoms with Crippen molar-refractivity contribution in [2.24, 2.45) is 5.92 Å². The van der Waals surface area contributed by atoms with Crippen LogP contribution in [0.5, 0.6) is 0 Å². The number of methoxy groups -OCH3 is 1. The minimum atomic E-state index is -0.415. The maximum absolute atomic E-state index is 12.0. The molecule has 4 nitrogen and oxygen atoms in total. The van der Waals surface area contributed by atoms with Gasteiger partial charge in [-0.2, -0.15) is 0 Å². The smallest absolute Gasteiger partial charge is 0.409 e. The van der Waals surface area contributed by atoms with Gasteiger partial charge >= 0.3 is 6.09 Å². The van der Waals surface area contributed by atoms with E-state index < -0.39 is 6.09 Å². The molecular weight excluding hydrogens is 334 g/mol. The van der Waals surface area contributed by atoms with Crippen molar-refractivity contribution in [3.05, 3.63) is 34.3 Å². The summed E-state index contributed by atoms with van der Waals surface area (Å²) < 4.78 is 5.82. The molecule has 0 saturated carbocycles. The summed E-state index contributed by atoms with van der Waals surface area (Å²) in [6, 6.07) is 7.62. The van der Waals surface area contributed by atoms with Gasteiger partial charge in [-0.3, -0.25) is 4.79 Å². The fourth-order valence-corrected chi connectivity index (χ4v) is 2.27. The Hall–Kier alpha value is -1.36. The first-order valence-electron chi connectivity index (χ1n) is 6.99. The number of benzene rings is 1. The van der Waals surface area contributed by atoms with Gasteiger partial charge in [0.05, 0.1) is 13.2 Å². The van der Waals surface area contributed by atoms with Gasteiger partial charge in [-0.15, -0.1) is 0 Å². The predicted octanol–water partition coefficient (Wildman–Crippen LogP) is 4.19. The zero-order valence-corrected chi connectivity index (χ0v) is 14.5. The van der Waals surface area contributed by atoms with E-state index >= 15 is 0 Å². The van der Waals surface area contributed by atoms with Gasteiger partial charge in [0.2, 0.25) is 0 Å². The number of hydrogen-bond acceptors (Lipinski definition) is 3. The Balaban J connectivity index is 2.84. The average molecular weight is 356 g/mol. The fourth-order valence-electron chi connectivity index (χ4n) is 2.00. The van der Waals surface area contributed by atoms with E-state index in [2.05, 4.69) is 15.9 Å². The quantitative estimate of drug-likeness (QED) is 0.768. The molecule has 1 aromatic rings. The van der Waals surface area contributed by atoms with Crippen LogP contribution in [0.15, 0.2) is 28.7 Å². The zero-order chi connectivity index (χ0) is 16.0. The van der Waals surface area contributed by atoms with Crippen LogP contribution in [-0.2, 0) is 9.53 Å². The summed E-state index contributed by atoms with van der Waals surface area (Å²) in [7, 11) is 1.36. The molecule has 0 saturated heterocycles. The SMILES string of the molecule is COC(=O)N(CCC(=O)C(C)C)C(C)c1ccc(Br)cc1. The fraction of sp³-hybridized carbons (Fsp3) is 0.500. The van der Waals surface area contributed by atoms with Crippen LogP contribution in [0, 0.1) is 5.92 Å². The minimum absolute atomic E-state index is 0.0208. The Morgan fingerprint density at radius 3 is 2.24 bits per heavy atom. The van der Waals surface area contributed by atoms with Crippen molar-refractivity contribution < 1.29 is 14.3 Å². The van der Waals surface area contributed by atoms with E-state index in [4.69, 9.17) is 4.74 Å². The molecule has 0 aliphatic heterocycles. The Bertz CT molecular complexity index is 485. The van der Waals surface area contributed by atoms with Crippen molar-refractivity contribution in [1.82, 2.24) is 4.90 Å². The molecule has 0 aliphatic carbocycles. The Morgan fingerprint density at radius 1 is 1.19 bits per heavy atom. The Labute approximate surface area is 134 Å². The van der Waals surface area contributed by atoms with Crippen LogP contribution in [0.3, 0.4) is 0 Å². The maximum Gasteiger partial charge on any atom is 0.409 e. The number of rotatable bonds is 6. The lowest BCUT2D eigenvalue weighted by Crippen LogP contribution is -2.35. The summed E-state index contributed by atoms with van der Waals surface area (Å²) in [5.41, 5.74) is 1.00. The van der Waals surface area contributed by atoms with Gasteiger partial charge in [0.25, 0.3) is 0 Å².